The third kappa shape index (κ3) is 2.38. The van der Waals surface area contributed by atoms with Gasteiger partial charge < -0.3 is 10.5 Å². The summed E-state index contributed by atoms with van der Waals surface area (Å²) in [5, 5.41) is -0.742. The van der Waals surface area contributed by atoms with Crippen LogP contribution in [-0.4, -0.2) is 11.3 Å². The topological polar surface area (TPSA) is 48.1 Å². The Morgan fingerprint density at radius 1 is 1.43 bits per heavy atom. The van der Waals surface area contributed by atoms with Gasteiger partial charge in [-0.25, -0.2) is 9.37 Å². The van der Waals surface area contributed by atoms with Gasteiger partial charge in [0.15, 0.2) is 11.0 Å². The highest BCUT2D eigenvalue weighted by molar-refractivity contribution is 6.30. The first-order chi connectivity index (χ1) is 6.31. The van der Waals surface area contributed by atoms with E-state index in [1.54, 1.807) is 0 Å². The molecule has 0 aliphatic heterocycles. The number of alkyl halides is 3. The summed E-state index contributed by atoms with van der Waals surface area (Å²) >= 11 is 5.18. The number of nitrogen functional groups attached to an aromatic ring is 1. The van der Waals surface area contributed by atoms with Gasteiger partial charge >= 0.3 is 6.36 Å². The molecule has 0 aromatic carbocycles. The van der Waals surface area contributed by atoms with Crippen molar-refractivity contribution in [3.8, 4) is 5.75 Å². The highest BCUT2D eigenvalue weighted by atomic mass is 35.5. The first kappa shape index (κ1) is 10.8. The van der Waals surface area contributed by atoms with Crippen LogP contribution in [0.25, 0.3) is 0 Å². The minimum absolute atomic E-state index is 0.575. The average Bonchev–Trinajstić information content (AvgIpc) is 2.04. The van der Waals surface area contributed by atoms with Gasteiger partial charge in [-0.2, -0.15) is 0 Å². The number of hydrogen-bond donors (Lipinski definition) is 1. The van der Waals surface area contributed by atoms with Crippen molar-refractivity contribution in [2.75, 3.05) is 5.73 Å². The molecule has 1 aromatic heterocycles. The van der Waals surface area contributed by atoms with E-state index in [0.717, 1.165) is 6.20 Å². The lowest BCUT2D eigenvalue weighted by atomic mass is 10.4. The lowest BCUT2D eigenvalue weighted by molar-refractivity contribution is -0.275. The summed E-state index contributed by atoms with van der Waals surface area (Å²) in [4.78, 5) is 3.20. The van der Waals surface area contributed by atoms with Crippen LogP contribution in [0.15, 0.2) is 6.20 Å². The van der Waals surface area contributed by atoms with E-state index in [1.165, 1.54) is 0 Å². The predicted octanol–water partition coefficient (Wildman–Crippen LogP) is 2.35. The molecule has 0 aliphatic rings. The van der Waals surface area contributed by atoms with Crippen LogP contribution in [-0.2, 0) is 0 Å². The van der Waals surface area contributed by atoms with Crippen LogP contribution in [0.1, 0.15) is 0 Å². The first-order valence-electron chi connectivity index (χ1n) is 3.16. The summed E-state index contributed by atoms with van der Waals surface area (Å²) in [6.07, 6.45) is -4.25. The number of anilines is 1. The number of nitrogens with zero attached hydrogens (tertiary/aromatic N) is 1. The smallest absolute Gasteiger partial charge is 0.399 e. The maximum atomic E-state index is 12.9. The molecule has 14 heavy (non-hydrogen) atoms. The van der Waals surface area contributed by atoms with E-state index in [2.05, 4.69) is 9.72 Å². The zero-order valence-corrected chi connectivity index (χ0v) is 7.16. The van der Waals surface area contributed by atoms with Crippen molar-refractivity contribution in [3.63, 3.8) is 0 Å². The summed E-state index contributed by atoms with van der Waals surface area (Å²) in [6, 6.07) is 0. The fourth-order valence-electron chi connectivity index (χ4n) is 0.666. The molecule has 0 unspecified atom stereocenters. The van der Waals surface area contributed by atoms with E-state index < -0.39 is 28.8 Å². The number of ether oxygens (including phenoxy) is 1. The molecule has 1 rings (SSSR count). The van der Waals surface area contributed by atoms with E-state index in [9.17, 15) is 17.6 Å². The minimum atomic E-state index is -5.04. The van der Waals surface area contributed by atoms with Crippen LogP contribution in [0, 0.1) is 5.82 Å². The molecular formula is C6H3ClF4N2O. The van der Waals surface area contributed by atoms with Gasteiger partial charge in [-0.05, 0) is 0 Å². The summed E-state index contributed by atoms with van der Waals surface area (Å²) in [5.74, 6) is -2.61. The quantitative estimate of drug-likeness (QED) is 0.595. The lowest BCUT2D eigenvalue weighted by Gasteiger charge is -2.11. The predicted molar refractivity (Wildman–Crippen MR) is 40.3 cm³/mol. The second-order valence-electron chi connectivity index (χ2n) is 2.20. The molecule has 1 heterocycles. The van der Waals surface area contributed by atoms with Crippen molar-refractivity contribution >= 4 is 17.3 Å². The normalized spacial score (nSPS) is 11.5. The fraction of sp³-hybridized carbons (Fsp3) is 0.167. The van der Waals surface area contributed by atoms with E-state index in [4.69, 9.17) is 17.3 Å². The Bertz CT molecular complexity index is 354. The maximum absolute atomic E-state index is 12.9. The third-order valence-electron chi connectivity index (χ3n) is 1.17. The first-order valence-corrected chi connectivity index (χ1v) is 3.54. The van der Waals surface area contributed by atoms with E-state index in [0.29, 0.717) is 0 Å². The monoisotopic (exact) mass is 230 g/mol. The van der Waals surface area contributed by atoms with Gasteiger partial charge in [0.25, 0.3) is 0 Å². The number of rotatable bonds is 1. The number of nitrogens with two attached hydrogens (primary N) is 1. The molecule has 0 radical (unpaired) electrons. The Morgan fingerprint density at radius 2 is 2.00 bits per heavy atom. The number of halogens is 5. The molecule has 0 amide bonds. The van der Waals surface area contributed by atoms with Crippen LogP contribution >= 0.6 is 11.6 Å². The highest BCUT2D eigenvalue weighted by Gasteiger charge is 2.34. The molecule has 0 bridgehead atoms. The van der Waals surface area contributed by atoms with Gasteiger partial charge in [0.2, 0.25) is 5.75 Å². The van der Waals surface area contributed by atoms with Crippen LogP contribution in [0.4, 0.5) is 23.2 Å². The Kier molecular flexibility index (Phi) is 2.70. The molecule has 3 nitrogen and oxygen atoms in total. The van der Waals surface area contributed by atoms with Gasteiger partial charge in [-0.3, -0.25) is 0 Å². The summed E-state index contributed by atoms with van der Waals surface area (Å²) < 4.78 is 51.4. The summed E-state index contributed by atoms with van der Waals surface area (Å²) in [5.41, 5.74) is 4.39. The van der Waals surface area contributed by atoms with E-state index in [1.807, 2.05) is 0 Å². The number of aromatic nitrogens is 1. The molecule has 0 aliphatic carbocycles. The molecule has 0 saturated carbocycles. The average molecular weight is 231 g/mol. The molecule has 0 spiro atoms. The van der Waals surface area contributed by atoms with E-state index in [-0.39, 0.29) is 0 Å². The minimum Gasteiger partial charge on any atom is -0.399 e. The molecule has 1 aromatic rings. The van der Waals surface area contributed by atoms with Crippen LogP contribution in [0.2, 0.25) is 5.15 Å². The van der Waals surface area contributed by atoms with Crippen molar-refractivity contribution in [1.29, 1.82) is 0 Å². The molecule has 2 N–H and O–H groups in total. The third-order valence-corrected chi connectivity index (χ3v) is 1.44. The lowest BCUT2D eigenvalue weighted by Crippen LogP contribution is -2.19. The van der Waals surface area contributed by atoms with Crippen molar-refractivity contribution in [2.45, 2.75) is 6.36 Å². The Labute approximate surface area is 80.4 Å². The van der Waals surface area contributed by atoms with Crippen LogP contribution < -0.4 is 10.5 Å². The Balaban J connectivity index is 3.13. The highest BCUT2D eigenvalue weighted by Crippen LogP contribution is 2.33. The van der Waals surface area contributed by atoms with Gasteiger partial charge in [-0.15, -0.1) is 13.2 Å². The van der Waals surface area contributed by atoms with Crippen molar-refractivity contribution in [2.24, 2.45) is 0 Å². The fourth-order valence-corrected chi connectivity index (χ4v) is 0.836. The molecule has 0 saturated heterocycles. The summed E-state index contributed by atoms with van der Waals surface area (Å²) in [7, 11) is 0. The van der Waals surface area contributed by atoms with E-state index >= 15 is 0 Å². The van der Waals surface area contributed by atoms with Crippen molar-refractivity contribution in [1.82, 2.24) is 4.98 Å². The SMILES string of the molecule is Nc1cnc(Cl)c(OC(F)(F)F)c1F. The largest absolute Gasteiger partial charge is 0.573 e. The molecule has 8 heteroatoms. The van der Waals surface area contributed by atoms with Gasteiger partial charge in [0.05, 0.1) is 11.9 Å². The summed E-state index contributed by atoms with van der Waals surface area (Å²) in [6.45, 7) is 0. The second-order valence-corrected chi connectivity index (χ2v) is 2.55. The number of pyridine rings is 1. The van der Waals surface area contributed by atoms with Crippen molar-refractivity contribution < 1.29 is 22.3 Å². The second kappa shape index (κ2) is 3.49. The van der Waals surface area contributed by atoms with Crippen LogP contribution in [0.5, 0.6) is 5.75 Å². The Hall–Kier alpha value is -1.24. The van der Waals surface area contributed by atoms with Gasteiger partial charge in [0, 0.05) is 0 Å². The van der Waals surface area contributed by atoms with Crippen molar-refractivity contribution in [3.05, 3.63) is 17.2 Å². The molecular weight excluding hydrogens is 228 g/mol. The standard InChI is InChI=1S/C6H3ClF4N2O/c7-5-4(14-6(9,10)11)3(8)2(12)1-13-5/h1H,12H2. The van der Waals surface area contributed by atoms with Gasteiger partial charge in [0.1, 0.15) is 0 Å². The molecule has 0 fully saturated rings. The zero-order valence-electron chi connectivity index (χ0n) is 6.40. The van der Waals surface area contributed by atoms with Crippen LogP contribution in [0.3, 0.4) is 0 Å². The molecule has 78 valence electrons. The Morgan fingerprint density at radius 3 is 2.50 bits per heavy atom. The number of hydrogen-bond acceptors (Lipinski definition) is 3. The maximum Gasteiger partial charge on any atom is 0.573 e. The zero-order chi connectivity index (χ0) is 10.9. The van der Waals surface area contributed by atoms with Gasteiger partial charge in [-0.1, -0.05) is 11.6 Å². The molecule has 0 atom stereocenters.